The van der Waals surface area contributed by atoms with Gasteiger partial charge in [0.25, 0.3) is 0 Å². The summed E-state index contributed by atoms with van der Waals surface area (Å²) in [7, 11) is 2.56. The monoisotopic (exact) mass is 284 g/mol. The third kappa shape index (κ3) is 4.69. The van der Waals surface area contributed by atoms with E-state index in [4.69, 9.17) is 16.3 Å². The molecule has 1 aromatic rings. The lowest BCUT2D eigenvalue weighted by Gasteiger charge is -2.03. The first-order chi connectivity index (χ1) is 9.08. The first-order valence-corrected chi connectivity index (χ1v) is 5.63. The van der Waals surface area contributed by atoms with E-state index in [1.807, 2.05) is 0 Å². The van der Waals surface area contributed by atoms with Gasteiger partial charge >= 0.3 is 5.97 Å². The maximum Gasteiger partial charge on any atom is 0.362 e. The zero-order valence-electron chi connectivity index (χ0n) is 10.5. The van der Waals surface area contributed by atoms with Gasteiger partial charge < -0.3 is 14.6 Å². The molecule has 0 aromatic heterocycles. The molecule has 19 heavy (non-hydrogen) atoms. The number of ether oxygens (including phenoxy) is 2. The summed E-state index contributed by atoms with van der Waals surface area (Å²) in [5, 5.41) is 17.7. The van der Waals surface area contributed by atoms with Crippen LogP contribution in [0.5, 0.6) is 0 Å². The Kier molecular flexibility index (Phi) is 5.98. The van der Waals surface area contributed by atoms with Crippen LogP contribution in [-0.4, -0.2) is 31.9 Å². The lowest BCUT2D eigenvalue weighted by atomic mass is 10.3. The number of benzene rings is 1. The summed E-state index contributed by atoms with van der Waals surface area (Å²) in [5.74, 6) is -1.15. The zero-order valence-corrected chi connectivity index (χ0v) is 11.2. The fourth-order valence-electron chi connectivity index (χ4n) is 1.13. The van der Waals surface area contributed by atoms with Crippen LogP contribution in [0.2, 0.25) is 5.02 Å². The molecule has 0 bridgehead atoms. The van der Waals surface area contributed by atoms with Crippen molar-refractivity contribution in [3.05, 3.63) is 40.7 Å². The van der Waals surface area contributed by atoms with Crippen LogP contribution in [-0.2, 0) is 14.3 Å². The number of esters is 1. The summed E-state index contributed by atoms with van der Waals surface area (Å²) in [4.78, 5) is 11.4. The molecule has 7 heteroatoms. The highest BCUT2D eigenvalue weighted by Crippen LogP contribution is 2.18. The van der Waals surface area contributed by atoms with Crippen molar-refractivity contribution in [3.63, 3.8) is 0 Å². The number of hydrogen-bond donors (Lipinski definition) is 1. The van der Waals surface area contributed by atoms with E-state index in [9.17, 15) is 9.90 Å². The number of nitrogens with zero attached hydrogens (tertiary/aromatic N) is 2. The summed E-state index contributed by atoms with van der Waals surface area (Å²) in [6.45, 7) is -0.163. The fourth-order valence-corrected chi connectivity index (χ4v) is 1.26. The van der Waals surface area contributed by atoms with Crippen LogP contribution in [0.15, 0.2) is 46.0 Å². The molecule has 0 radical (unpaired) electrons. The largest absolute Gasteiger partial charge is 0.507 e. The van der Waals surface area contributed by atoms with Crippen molar-refractivity contribution in [2.45, 2.75) is 0 Å². The molecule has 1 N–H and O–H groups in total. The molecule has 0 heterocycles. The van der Waals surface area contributed by atoms with Crippen LogP contribution in [0, 0.1) is 0 Å². The topological polar surface area (TPSA) is 80.5 Å². The van der Waals surface area contributed by atoms with Crippen LogP contribution in [0.4, 0.5) is 5.69 Å². The first kappa shape index (κ1) is 15.1. The van der Waals surface area contributed by atoms with Crippen LogP contribution >= 0.6 is 11.6 Å². The number of rotatable bonds is 5. The zero-order chi connectivity index (χ0) is 14.3. The average molecular weight is 285 g/mol. The molecule has 0 fully saturated rings. The van der Waals surface area contributed by atoms with E-state index >= 15 is 0 Å². The SMILES string of the molecule is COC/C(O)=C(/N=Nc1ccc(Cl)cc1)C(=O)OC. The van der Waals surface area contributed by atoms with Gasteiger partial charge in [-0.05, 0) is 24.3 Å². The maximum atomic E-state index is 11.4. The number of carbonyl (C=O) groups excluding carboxylic acids is 1. The summed E-state index contributed by atoms with van der Waals surface area (Å²) < 4.78 is 9.21. The number of halogens is 1. The molecular formula is C12H13ClN2O4. The average Bonchev–Trinajstić information content (AvgIpc) is 2.41. The van der Waals surface area contributed by atoms with Gasteiger partial charge in [0.2, 0.25) is 5.70 Å². The second-order valence-electron chi connectivity index (χ2n) is 3.40. The Morgan fingerprint density at radius 3 is 2.47 bits per heavy atom. The molecule has 0 atom stereocenters. The van der Waals surface area contributed by atoms with Crippen molar-refractivity contribution >= 4 is 23.3 Å². The van der Waals surface area contributed by atoms with Gasteiger partial charge in [-0.3, -0.25) is 0 Å². The van der Waals surface area contributed by atoms with E-state index in [1.54, 1.807) is 24.3 Å². The molecule has 1 aromatic carbocycles. The van der Waals surface area contributed by atoms with E-state index in [2.05, 4.69) is 15.0 Å². The molecule has 6 nitrogen and oxygen atoms in total. The van der Waals surface area contributed by atoms with Crippen LogP contribution in [0.1, 0.15) is 0 Å². The van der Waals surface area contributed by atoms with Crippen molar-refractivity contribution in [3.8, 4) is 0 Å². The standard InChI is InChI=1S/C12H13ClN2O4/c1-18-7-10(16)11(12(17)19-2)15-14-9-5-3-8(13)4-6-9/h3-6,16H,7H2,1-2H3/b11-10-,15-14?. The molecule has 0 unspecified atom stereocenters. The predicted molar refractivity (Wildman–Crippen MR) is 69.5 cm³/mol. The molecule has 0 aliphatic heterocycles. The molecule has 0 amide bonds. The van der Waals surface area contributed by atoms with Gasteiger partial charge in [0, 0.05) is 12.1 Å². The third-order valence-electron chi connectivity index (χ3n) is 2.03. The highest BCUT2D eigenvalue weighted by molar-refractivity contribution is 6.30. The number of carbonyl (C=O) groups is 1. The van der Waals surface area contributed by atoms with Crippen molar-refractivity contribution in [2.75, 3.05) is 20.8 Å². The van der Waals surface area contributed by atoms with E-state index in [-0.39, 0.29) is 18.1 Å². The van der Waals surface area contributed by atoms with E-state index in [1.165, 1.54) is 14.2 Å². The minimum Gasteiger partial charge on any atom is -0.507 e. The van der Waals surface area contributed by atoms with E-state index < -0.39 is 5.97 Å². The van der Waals surface area contributed by atoms with Crippen LogP contribution < -0.4 is 0 Å². The van der Waals surface area contributed by atoms with Gasteiger partial charge in [-0.25, -0.2) is 4.79 Å². The molecule has 1 rings (SSSR count). The van der Waals surface area contributed by atoms with Gasteiger partial charge in [0.05, 0.1) is 12.8 Å². The Labute approximate surface area is 115 Å². The maximum absolute atomic E-state index is 11.4. The Balaban J connectivity index is 2.98. The van der Waals surface area contributed by atoms with Gasteiger partial charge in [-0.15, -0.1) is 5.11 Å². The molecule has 0 spiro atoms. The Morgan fingerprint density at radius 2 is 1.95 bits per heavy atom. The smallest absolute Gasteiger partial charge is 0.362 e. The fraction of sp³-hybridized carbons (Fsp3) is 0.250. The van der Waals surface area contributed by atoms with Crippen molar-refractivity contribution in [1.82, 2.24) is 0 Å². The van der Waals surface area contributed by atoms with Crippen LogP contribution in [0.3, 0.4) is 0 Å². The quantitative estimate of drug-likeness (QED) is 0.390. The molecule has 0 saturated heterocycles. The lowest BCUT2D eigenvalue weighted by Crippen LogP contribution is -2.08. The van der Waals surface area contributed by atoms with Crippen molar-refractivity contribution in [1.29, 1.82) is 0 Å². The second kappa shape index (κ2) is 7.50. The third-order valence-corrected chi connectivity index (χ3v) is 2.28. The van der Waals surface area contributed by atoms with Gasteiger partial charge in [-0.1, -0.05) is 11.6 Å². The van der Waals surface area contributed by atoms with Crippen molar-refractivity contribution in [2.24, 2.45) is 10.2 Å². The second-order valence-corrected chi connectivity index (χ2v) is 3.83. The van der Waals surface area contributed by atoms with Crippen LogP contribution in [0.25, 0.3) is 0 Å². The molecule has 0 saturated carbocycles. The Hall–Kier alpha value is -1.92. The summed E-state index contributed by atoms with van der Waals surface area (Å²) >= 11 is 5.73. The highest BCUT2D eigenvalue weighted by Gasteiger charge is 2.15. The van der Waals surface area contributed by atoms with Gasteiger partial charge in [0.15, 0.2) is 5.76 Å². The van der Waals surface area contributed by atoms with E-state index in [0.717, 1.165) is 0 Å². The number of azo groups is 1. The summed E-state index contributed by atoms with van der Waals surface area (Å²) in [5.41, 5.74) is 0.176. The van der Waals surface area contributed by atoms with Gasteiger partial charge in [-0.2, -0.15) is 5.11 Å². The number of aliphatic hydroxyl groups is 1. The first-order valence-electron chi connectivity index (χ1n) is 5.25. The molecular weight excluding hydrogens is 272 g/mol. The minimum atomic E-state index is -0.799. The molecule has 0 aliphatic carbocycles. The van der Waals surface area contributed by atoms with E-state index in [0.29, 0.717) is 10.7 Å². The number of aliphatic hydroxyl groups excluding tert-OH is 1. The number of methoxy groups -OCH3 is 2. The summed E-state index contributed by atoms with van der Waals surface area (Å²) in [6, 6.07) is 6.50. The van der Waals surface area contributed by atoms with Gasteiger partial charge in [0.1, 0.15) is 6.61 Å². The minimum absolute atomic E-state index is 0.163. The number of hydrogen-bond acceptors (Lipinski definition) is 6. The van der Waals surface area contributed by atoms with Crippen molar-refractivity contribution < 1.29 is 19.4 Å². The highest BCUT2D eigenvalue weighted by atomic mass is 35.5. The normalized spacial score (nSPS) is 12.4. The lowest BCUT2D eigenvalue weighted by molar-refractivity contribution is -0.136. The molecule has 0 aliphatic rings. The molecule has 102 valence electrons. The summed E-state index contributed by atoms with van der Waals surface area (Å²) in [6.07, 6.45) is 0. The Morgan fingerprint density at radius 1 is 1.32 bits per heavy atom. The predicted octanol–water partition coefficient (Wildman–Crippen LogP) is 3.01. The Bertz CT molecular complexity index is 497.